The highest BCUT2D eigenvalue weighted by molar-refractivity contribution is 6.38. The predicted molar refractivity (Wildman–Crippen MR) is 111 cm³/mol. The minimum Gasteiger partial charge on any atom is -0.392 e. The quantitative estimate of drug-likeness (QED) is 0.273. The fourth-order valence-corrected chi connectivity index (χ4v) is 4.66. The van der Waals surface area contributed by atoms with E-state index in [9.17, 15) is 5.11 Å². The smallest absolute Gasteiger partial charge is 0.0687 e. The van der Waals surface area contributed by atoms with Gasteiger partial charge in [0.25, 0.3) is 0 Å². The van der Waals surface area contributed by atoms with E-state index in [-0.39, 0.29) is 6.61 Å². The fraction of sp³-hybridized carbons (Fsp3) is 0.0400. The van der Waals surface area contributed by atoms with Gasteiger partial charge in [-0.15, -0.1) is 0 Å². The van der Waals surface area contributed by atoms with Crippen LogP contribution in [0.2, 0.25) is 0 Å². The lowest BCUT2D eigenvalue weighted by Gasteiger charge is -2.17. The minimum absolute atomic E-state index is 0.0623. The number of benzene rings is 6. The van der Waals surface area contributed by atoms with Crippen molar-refractivity contribution in [2.45, 2.75) is 6.61 Å². The largest absolute Gasteiger partial charge is 0.392 e. The Morgan fingerprint density at radius 2 is 1.19 bits per heavy atom. The van der Waals surface area contributed by atoms with Crippen LogP contribution in [0.3, 0.4) is 0 Å². The van der Waals surface area contributed by atoms with Gasteiger partial charge in [0, 0.05) is 0 Å². The summed E-state index contributed by atoms with van der Waals surface area (Å²) in [5.41, 5.74) is 0.987. The van der Waals surface area contributed by atoms with Gasteiger partial charge in [-0.2, -0.15) is 0 Å². The van der Waals surface area contributed by atoms with Crippen LogP contribution in [0.1, 0.15) is 5.56 Å². The third-order valence-corrected chi connectivity index (χ3v) is 5.75. The molecule has 6 rings (SSSR count). The summed E-state index contributed by atoms with van der Waals surface area (Å²) in [4.78, 5) is 0. The number of fused-ring (bicyclic) bond motifs is 4. The normalized spacial score (nSPS) is 12.2. The predicted octanol–water partition coefficient (Wildman–Crippen LogP) is 6.38. The topological polar surface area (TPSA) is 20.2 Å². The third-order valence-electron chi connectivity index (χ3n) is 5.75. The van der Waals surface area contributed by atoms with E-state index < -0.39 is 0 Å². The van der Waals surface area contributed by atoms with E-state index in [1.165, 1.54) is 48.5 Å². The molecule has 0 radical (unpaired) electrons. The lowest BCUT2D eigenvalue weighted by atomic mass is 9.86. The Morgan fingerprint density at radius 1 is 0.500 bits per heavy atom. The summed E-state index contributed by atoms with van der Waals surface area (Å²) in [6, 6.07) is 28.2. The van der Waals surface area contributed by atoms with E-state index in [1.54, 1.807) is 0 Å². The van der Waals surface area contributed by atoms with Crippen LogP contribution in [0.15, 0.2) is 78.9 Å². The molecular formula is C25H16O. The summed E-state index contributed by atoms with van der Waals surface area (Å²) in [7, 11) is 0. The molecule has 6 aromatic carbocycles. The van der Waals surface area contributed by atoms with Crippen molar-refractivity contribution in [3.05, 3.63) is 84.4 Å². The van der Waals surface area contributed by atoms with Crippen LogP contribution < -0.4 is 0 Å². The average Bonchev–Trinajstić information content (AvgIpc) is 2.70. The summed E-state index contributed by atoms with van der Waals surface area (Å²) in [6.07, 6.45) is 0. The molecule has 0 fully saturated rings. The first-order chi connectivity index (χ1) is 12.9. The Bertz CT molecular complexity index is 1460. The van der Waals surface area contributed by atoms with Gasteiger partial charge in [-0.3, -0.25) is 0 Å². The molecule has 0 amide bonds. The van der Waals surface area contributed by atoms with Gasteiger partial charge in [-0.05, 0) is 65.5 Å². The maximum Gasteiger partial charge on any atom is 0.0687 e. The summed E-state index contributed by atoms with van der Waals surface area (Å²) in [5, 5.41) is 22.6. The fourth-order valence-electron chi connectivity index (χ4n) is 4.66. The van der Waals surface area contributed by atoms with Crippen LogP contribution in [0.25, 0.3) is 53.9 Å². The van der Waals surface area contributed by atoms with Crippen molar-refractivity contribution in [3.63, 3.8) is 0 Å². The number of aliphatic hydroxyl groups is 1. The maximum absolute atomic E-state index is 9.83. The Labute approximate surface area is 150 Å². The van der Waals surface area contributed by atoms with Crippen molar-refractivity contribution in [2.24, 2.45) is 0 Å². The zero-order valence-corrected chi connectivity index (χ0v) is 14.2. The van der Waals surface area contributed by atoms with Gasteiger partial charge in [0.1, 0.15) is 0 Å². The molecule has 0 heterocycles. The molecule has 0 bridgehead atoms. The van der Waals surface area contributed by atoms with Crippen LogP contribution >= 0.6 is 0 Å². The van der Waals surface area contributed by atoms with Gasteiger partial charge in [0.15, 0.2) is 0 Å². The van der Waals surface area contributed by atoms with Gasteiger partial charge in [-0.1, -0.05) is 72.8 Å². The second-order valence-electron chi connectivity index (χ2n) is 7.03. The van der Waals surface area contributed by atoms with Crippen LogP contribution in [-0.2, 0) is 6.61 Å². The molecule has 0 saturated heterocycles. The monoisotopic (exact) mass is 332 g/mol. The van der Waals surface area contributed by atoms with Gasteiger partial charge in [0.05, 0.1) is 6.61 Å². The lowest BCUT2D eigenvalue weighted by molar-refractivity contribution is 0.283. The van der Waals surface area contributed by atoms with Crippen molar-refractivity contribution in [1.29, 1.82) is 0 Å². The first kappa shape index (κ1) is 14.1. The average molecular weight is 332 g/mol. The van der Waals surface area contributed by atoms with E-state index in [4.69, 9.17) is 0 Å². The van der Waals surface area contributed by atoms with Crippen molar-refractivity contribution < 1.29 is 5.11 Å². The zero-order valence-electron chi connectivity index (χ0n) is 14.2. The molecule has 6 aromatic rings. The van der Waals surface area contributed by atoms with E-state index >= 15 is 0 Å². The van der Waals surface area contributed by atoms with E-state index in [1.807, 2.05) is 0 Å². The highest BCUT2D eigenvalue weighted by Gasteiger charge is 2.16. The van der Waals surface area contributed by atoms with Crippen molar-refractivity contribution in [1.82, 2.24) is 0 Å². The molecular weight excluding hydrogens is 316 g/mol. The van der Waals surface area contributed by atoms with Crippen molar-refractivity contribution >= 4 is 53.9 Å². The summed E-state index contributed by atoms with van der Waals surface area (Å²) >= 11 is 0. The third kappa shape index (κ3) is 1.63. The molecule has 0 aliphatic rings. The molecule has 0 aromatic heterocycles. The van der Waals surface area contributed by atoms with Crippen LogP contribution in [-0.4, -0.2) is 5.11 Å². The summed E-state index contributed by atoms with van der Waals surface area (Å²) in [5.74, 6) is 0. The molecule has 0 unspecified atom stereocenters. The second-order valence-corrected chi connectivity index (χ2v) is 7.03. The lowest BCUT2D eigenvalue weighted by Crippen LogP contribution is -1.91. The first-order valence-electron chi connectivity index (χ1n) is 8.97. The summed E-state index contributed by atoms with van der Waals surface area (Å²) < 4.78 is 0. The molecule has 1 N–H and O–H groups in total. The highest BCUT2D eigenvalue weighted by atomic mass is 16.3. The van der Waals surface area contributed by atoms with Gasteiger partial charge in [0.2, 0.25) is 0 Å². The molecule has 0 aliphatic heterocycles. The molecule has 1 nitrogen and oxygen atoms in total. The molecule has 0 aliphatic carbocycles. The van der Waals surface area contributed by atoms with Crippen LogP contribution in [0.5, 0.6) is 0 Å². The first-order valence-corrected chi connectivity index (χ1v) is 8.97. The molecule has 0 spiro atoms. The Morgan fingerprint density at radius 3 is 2.12 bits per heavy atom. The van der Waals surface area contributed by atoms with E-state index in [0.29, 0.717) is 0 Å². The van der Waals surface area contributed by atoms with Gasteiger partial charge < -0.3 is 5.11 Å². The molecule has 26 heavy (non-hydrogen) atoms. The van der Waals surface area contributed by atoms with Crippen molar-refractivity contribution in [3.8, 4) is 0 Å². The standard InChI is InChI=1S/C25H16O/c26-14-17-11-12-21-20-9-3-6-16-13-15-5-1-2-7-18(15)25(23(16)20)22-10-4-8-19(17)24(21)22/h1-13,26H,14H2. The second kappa shape index (κ2) is 4.94. The van der Waals surface area contributed by atoms with E-state index in [0.717, 1.165) is 10.9 Å². The molecule has 0 atom stereocenters. The zero-order chi connectivity index (χ0) is 17.3. The molecule has 122 valence electrons. The number of rotatable bonds is 1. The Kier molecular flexibility index (Phi) is 2.67. The molecule has 1 heteroatoms. The Balaban J connectivity index is 2.08. The van der Waals surface area contributed by atoms with Crippen molar-refractivity contribution in [2.75, 3.05) is 0 Å². The SMILES string of the molecule is OCc1ccc2c3cccc4cc5ccccc5c(c5cccc1c25)c43. The number of hydrogen-bond acceptors (Lipinski definition) is 1. The number of aliphatic hydroxyl groups excluding tert-OH is 1. The minimum atomic E-state index is 0.0623. The Hall–Kier alpha value is -3.16. The van der Waals surface area contributed by atoms with Crippen LogP contribution in [0, 0.1) is 0 Å². The highest BCUT2D eigenvalue weighted by Crippen LogP contribution is 2.43. The molecule has 0 saturated carbocycles. The van der Waals surface area contributed by atoms with Gasteiger partial charge >= 0.3 is 0 Å². The van der Waals surface area contributed by atoms with E-state index in [2.05, 4.69) is 78.9 Å². The number of hydrogen-bond donors (Lipinski definition) is 1. The van der Waals surface area contributed by atoms with Crippen LogP contribution in [0.4, 0.5) is 0 Å². The van der Waals surface area contributed by atoms with Gasteiger partial charge in [-0.25, -0.2) is 0 Å². The maximum atomic E-state index is 9.83. The summed E-state index contributed by atoms with van der Waals surface area (Å²) in [6.45, 7) is 0.0623.